The molecule has 5 rings (SSSR count). The Morgan fingerprint density at radius 1 is 0.769 bits per heavy atom. The van der Waals surface area contributed by atoms with Crippen molar-refractivity contribution in [3.05, 3.63) is 83.4 Å². The van der Waals surface area contributed by atoms with E-state index in [9.17, 15) is 9.59 Å². The van der Waals surface area contributed by atoms with Gasteiger partial charge in [0.15, 0.2) is 0 Å². The molecular weight excluding hydrogens is 326 g/mol. The summed E-state index contributed by atoms with van der Waals surface area (Å²) in [5.74, 6) is -0.444. The van der Waals surface area contributed by atoms with Crippen molar-refractivity contribution >= 4 is 22.6 Å². The largest absolute Gasteiger partial charge is 0.379 e. The topological polar surface area (TPSA) is 46.6 Å². The molecule has 2 aliphatic heterocycles. The van der Waals surface area contributed by atoms with Gasteiger partial charge in [0.2, 0.25) is 0 Å². The van der Waals surface area contributed by atoms with E-state index in [1.807, 2.05) is 12.1 Å². The Balaban J connectivity index is 1.53. The van der Waals surface area contributed by atoms with E-state index in [1.165, 1.54) is 10.3 Å². The smallest absolute Gasteiger partial charge is 0.261 e. The molecule has 26 heavy (non-hydrogen) atoms. The van der Waals surface area contributed by atoms with Crippen LogP contribution < -0.4 is 0 Å². The fourth-order valence-electron chi connectivity index (χ4n) is 4.06. The number of carbonyl (C=O) groups excluding carboxylic acids is 2. The number of nitrogens with zero attached hydrogens (tertiary/aromatic N) is 1. The molecule has 3 aromatic carbocycles. The minimum absolute atomic E-state index is 0.0122. The molecule has 2 aliphatic rings. The average Bonchev–Trinajstić information content (AvgIpc) is 3.25. The number of hydrogen-bond acceptors (Lipinski definition) is 3. The van der Waals surface area contributed by atoms with Crippen LogP contribution in [0.25, 0.3) is 10.8 Å². The number of benzene rings is 3. The normalized spacial score (nSPS) is 22.2. The van der Waals surface area contributed by atoms with Gasteiger partial charge in [-0.05, 0) is 28.5 Å². The van der Waals surface area contributed by atoms with Crippen LogP contribution in [0.2, 0.25) is 0 Å². The van der Waals surface area contributed by atoms with Crippen LogP contribution >= 0.6 is 0 Å². The minimum atomic E-state index is -0.274. The number of hydrogen-bond donors (Lipinski definition) is 0. The second-order valence-corrected chi connectivity index (χ2v) is 6.84. The van der Waals surface area contributed by atoms with Crippen molar-refractivity contribution in [1.82, 2.24) is 4.90 Å². The molecule has 2 atom stereocenters. The van der Waals surface area contributed by atoms with Gasteiger partial charge in [-0.2, -0.15) is 0 Å². The predicted octanol–water partition coefficient (Wildman–Crippen LogP) is 3.62. The molecule has 0 unspecified atom stereocenters. The summed E-state index contributed by atoms with van der Waals surface area (Å²) in [6.07, 6.45) is 0. The summed E-state index contributed by atoms with van der Waals surface area (Å²) in [5, 5.41) is 2.32. The fourth-order valence-corrected chi connectivity index (χ4v) is 4.06. The van der Waals surface area contributed by atoms with Crippen LogP contribution in [0.1, 0.15) is 32.2 Å². The molecule has 0 bridgehead atoms. The quantitative estimate of drug-likeness (QED) is 0.668. The molecule has 2 heterocycles. The third kappa shape index (κ3) is 2.19. The van der Waals surface area contributed by atoms with E-state index in [-0.39, 0.29) is 23.8 Å². The lowest BCUT2D eigenvalue weighted by atomic mass is 9.91. The molecular formula is C22H17NO3. The van der Waals surface area contributed by atoms with E-state index in [2.05, 4.69) is 30.3 Å². The van der Waals surface area contributed by atoms with Gasteiger partial charge in [-0.15, -0.1) is 0 Å². The highest BCUT2D eigenvalue weighted by Gasteiger charge is 2.45. The van der Waals surface area contributed by atoms with Gasteiger partial charge in [-0.25, -0.2) is 0 Å². The maximum atomic E-state index is 12.8. The molecule has 3 aromatic rings. The molecule has 0 radical (unpaired) electrons. The Bertz CT molecular complexity index is 1010. The number of fused-ring (bicyclic) bond motifs is 2. The van der Waals surface area contributed by atoms with Gasteiger partial charge in [-0.3, -0.25) is 14.5 Å². The lowest BCUT2D eigenvalue weighted by Crippen LogP contribution is -2.43. The van der Waals surface area contributed by atoms with Gasteiger partial charge in [0.25, 0.3) is 11.8 Å². The molecule has 0 saturated carbocycles. The van der Waals surface area contributed by atoms with Gasteiger partial charge in [0.05, 0.1) is 30.4 Å². The monoisotopic (exact) mass is 343 g/mol. The third-order valence-electron chi connectivity index (χ3n) is 5.41. The first-order valence-corrected chi connectivity index (χ1v) is 8.77. The Kier molecular flexibility index (Phi) is 3.40. The summed E-state index contributed by atoms with van der Waals surface area (Å²) in [6.45, 7) is 0.888. The minimum Gasteiger partial charge on any atom is -0.379 e. The molecule has 1 fully saturated rings. The van der Waals surface area contributed by atoms with E-state index in [0.29, 0.717) is 24.3 Å². The number of rotatable bonds is 2. The zero-order valence-electron chi connectivity index (χ0n) is 14.1. The molecule has 0 aliphatic carbocycles. The highest BCUT2D eigenvalue weighted by molar-refractivity contribution is 6.21. The Hall–Kier alpha value is -2.98. The van der Waals surface area contributed by atoms with Gasteiger partial charge in [0, 0.05) is 5.92 Å². The van der Waals surface area contributed by atoms with Crippen molar-refractivity contribution in [1.29, 1.82) is 0 Å². The van der Waals surface area contributed by atoms with E-state index < -0.39 is 0 Å². The van der Waals surface area contributed by atoms with E-state index >= 15 is 0 Å². The van der Waals surface area contributed by atoms with Crippen molar-refractivity contribution in [3.8, 4) is 0 Å². The highest BCUT2D eigenvalue weighted by atomic mass is 16.5. The Labute approximate surface area is 151 Å². The van der Waals surface area contributed by atoms with Gasteiger partial charge in [0.1, 0.15) is 0 Å². The summed E-state index contributed by atoms with van der Waals surface area (Å²) >= 11 is 0. The number of carbonyl (C=O) groups is 2. The SMILES string of the molecule is O=C1c2ccccc2C(=O)N1[C@@H]1COC[C@H]1c1ccc2ccccc2c1. The van der Waals surface area contributed by atoms with Crippen molar-refractivity contribution in [3.63, 3.8) is 0 Å². The second-order valence-electron chi connectivity index (χ2n) is 6.84. The van der Waals surface area contributed by atoms with Crippen LogP contribution in [0.4, 0.5) is 0 Å². The maximum absolute atomic E-state index is 12.8. The molecule has 4 heteroatoms. The first-order chi connectivity index (χ1) is 12.7. The summed E-state index contributed by atoms with van der Waals surface area (Å²) < 4.78 is 5.70. The van der Waals surface area contributed by atoms with Gasteiger partial charge >= 0.3 is 0 Å². The maximum Gasteiger partial charge on any atom is 0.261 e. The fraction of sp³-hybridized carbons (Fsp3) is 0.182. The van der Waals surface area contributed by atoms with Gasteiger partial charge in [-0.1, -0.05) is 54.6 Å². The summed E-state index contributed by atoms with van der Waals surface area (Å²) in [7, 11) is 0. The summed E-state index contributed by atoms with van der Waals surface area (Å²) in [5.41, 5.74) is 2.08. The van der Waals surface area contributed by atoms with Crippen molar-refractivity contribution in [2.75, 3.05) is 13.2 Å². The molecule has 0 spiro atoms. The van der Waals surface area contributed by atoms with Crippen molar-refractivity contribution in [2.24, 2.45) is 0 Å². The first-order valence-electron chi connectivity index (χ1n) is 8.77. The molecule has 128 valence electrons. The predicted molar refractivity (Wildman–Crippen MR) is 98.2 cm³/mol. The van der Waals surface area contributed by atoms with E-state index in [4.69, 9.17) is 4.74 Å². The van der Waals surface area contributed by atoms with Crippen LogP contribution in [0.15, 0.2) is 66.7 Å². The van der Waals surface area contributed by atoms with Crippen LogP contribution in [-0.4, -0.2) is 36.0 Å². The standard InChI is InChI=1S/C22H17NO3/c24-21-17-7-3-4-8-18(17)22(25)23(21)20-13-26-12-19(20)16-10-9-14-5-1-2-6-15(14)11-16/h1-11,19-20H,12-13H2/t19-,20+/m0/s1. The zero-order chi connectivity index (χ0) is 17.7. The lowest BCUT2D eigenvalue weighted by molar-refractivity contribution is 0.0558. The van der Waals surface area contributed by atoms with Crippen LogP contribution in [-0.2, 0) is 4.74 Å². The van der Waals surface area contributed by atoms with Crippen molar-refractivity contribution < 1.29 is 14.3 Å². The molecule has 1 saturated heterocycles. The third-order valence-corrected chi connectivity index (χ3v) is 5.41. The summed E-state index contributed by atoms with van der Waals surface area (Å²) in [4.78, 5) is 27.1. The lowest BCUT2D eigenvalue weighted by Gasteiger charge is -2.26. The van der Waals surface area contributed by atoms with Gasteiger partial charge < -0.3 is 4.74 Å². The van der Waals surface area contributed by atoms with E-state index in [1.54, 1.807) is 24.3 Å². The number of amides is 2. The Morgan fingerprint density at radius 3 is 2.15 bits per heavy atom. The van der Waals surface area contributed by atoms with Crippen molar-refractivity contribution in [2.45, 2.75) is 12.0 Å². The molecule has 0 N–H and O–H groups in total. The van der Waals surface area contributed by atoms with Crippen LogP contribution in [0.5, 0.6) is 0 Å². The second kappa shape index (κ2) is 5.78. The highest BCUT2D eigenvalue weighted by Crippen LogP contribution is 2.35. The zero-order valence-corrected chi connectivity index (χ0v) is 14.1. The number of ether oxygens (including phenoxy) is 1. The van der Waals surface area contributed by atoms with Crippen LogP contribution in [0, 0.1) is 0 Å². The summed E-state index contributed by atoms with van der Waals surface area (Å²) in [6, 6.07) is 21.2. The Morgan fingerprint density at radius 2 is 1.42 bits per heavy atom. The molecule has 4 nitrogen and oxygen atoms in total. The molecule has 2 amide bonds. The first kappa shape index (κ1) is 15.3. The van der Waals surface area contributed by atoms with Crippen LogP contribution in [0.3, 0.4) is 0 Å². The van der Waals surface area contributed by atoms with E-state index in [0.717, 1.165) is 10.9 Å². The number of imide groups is 1. The average molecular weight is 343 g/mol. The molecule has 0 aromatic heterocycles.